The molecule has 0 saturated heterocycles. The quantitative estimate of drug-likeness (QED) is 0.190. The summed E-state index contributed by atoms with van der Waals surface area (Å²) in [4.78, 5) is 52.8. The van der Waals surface area contributed by atoms with Gasteiger partial charge in [-0.2, -0.15) is 13.6 Å². The van der Waals surface area contributed by atoms with Crippen molar-refractivity contribution in [1.82, 2.24) is 14.5 Å². The fourth-order valence-electron chi connectivity index (χ4n) is 2.94. The van der Waals surface area contributed by atoms with E-state index in [1.165, 1.54) is 31.8 Å². The molecule has 0 aliphatic heterocycles. The third-order valence-corrected chi connectivity index (χ3v) is 8.45. The third kappa shape index (κ3) is 11.5. The molecule has 202 valence electrons. The van der Waals surface area contributed by atoms with Crippen LogP contribution >= 0.6 is 23.5 Å². The van der Waals surface area contributed by atoms with E-state index < -0.39 is 59.4 Å². The topological polar surface area (TPSA) is 224 Å². The molecule has 0 fully saturated rings. The van der Waals surface area contributed by atoms with Crippen LogP contribution in [0, 0.1) is 11.7 Å². The summed E-state index contributed by atoms with van der Waals surface area (Å²) in [6.07, 6.45) is 3.91. The number of rotatable bonds is 11. The van der Waals surface area contributed by atoms with E-state index in [1.54, 1.807) is 0 Å². The second kappa shape index (κ2) is 13.3. The summed E-state index contributed by atoms with van der Waals surface area (Å²) in [6.45, 7) is 9.58. The van der Waals surface area contributed by atoms with Crippen molar-refractivity contribution in [2.45, 2.75) is 33.2 Å². The number of phosphoric ester groups is 1. The van der Waals surface area contributed by atoms with Gasteiger partial charge in [0.1, 0.15) is 0 Å². The van der Waals surface area contributed by atoms with Gasteiger partial charge in [0, 0.05) is 12.1 Å². The summed E-state index contributed by atoms with van der Waals surface area (Å²) < 4.78 is 59.5. The first kappa shape index (κ1) is 31.7. The van der Waals surface area contributed by atoms with Crippen LogP contribution in [0.15, 0.2) is 23.1 Å². The highest BCUT2D eigenvalue weighted by atomic mass is 31.3. The molecule has 4 unspecified atom stereocenters. The number of anilines is 1. The lowest BCUT2D eigenvalue weighted by molar-refractivity contribution is 0.159. The fraction of sp³-hybridized carbons (Fsp3) is 0.625. The molecule has 6 N–H and O–H groups in total. The number of allylic oxidation sites excluding steroid dienone is 1. The highest BCUT2D eigenvalue weighted by Crippen LogP contribution is 2.66. The Balaban J connectivity index is 0.000000762. The van der Waals surface area contributed by atoms with Crippen molar-refractivity contribution in [1.29, 1.82) is 0 Å². The van der Waals surface area contributed by atoms with Crippen molar-refractivity contribution in [3.05, 3.63) is 34.7 Å². The Hall–Kier alpha value is -1.28. The van der Waals surface area contributed by atoms with Crippen LogP contribution in [0.5, 0.6) is 0 Å². The van der Waals surface area contributed by atoms with Crippen LogP contribution in [-0.2, 0) is 26.8 Å². The van der Waals surface area contributed by atoms with E-state index in [4.69, 9.17) is 20.4 Å². The van der Waals surface area contributed by atoms with Crippen LogP contribution in [0.25, 0.3) is 0 Å². The zero-order valence-electron chi connectivity index (χ0n) is 19.2. The normalized spacial score (nSPS) is 21.3. The first-order valence-electron chi connectivity index (χ1n) is 10.3. The van der Waals surface area contributed by atoms with Gasteiger partial charge in [-0.3, -0.25) is 9.09 Å². The van der Waals surface area contributed by atoms with Crippen LogP contribution in [-0.4, -0.2) is 60.3 Å². The van der Waals surface area contributed by atoms with E-state index >= 15 is 0 Å². The predicted molar refractivity (Wildman–Crippen MR) is 122 cm³/mol. The minimum Gasteiger partial charge on any atom is -0.381 e. The molecular formula is C16H30FN4O11P3. The fourth-order valence-corrected chi connectivity index (χ4v) is 6.02. The Morgan fingerprint density at radius 2 is 1.66 bits per heavy atom. The zero-order chi connectivity index (χ0) is 27.0. The minimum atomic E-state index is -5.60. The molecule has 1 aromatic rings. The molecule has 0 bridgehead atoms. The SMILES string of the molecule is CCN(CC)CC.Nc1nc(=O)n(C2C=CC(COP(=O)(O)OP(=O)(O)OP(=O)(O)O)C2)cc1F. The standard InChI is InChI=1S/C10H15FN3O11P3.C6H15N/c11-8-4-14(10(15)13-9(8)12)7-2-1-6(3-7)5-23-27(19,20)25-28(21,22)24-26(16,17)18;1-4-7(5-2)6-3/h1-2,4,6-7H,3,5H2,(H,19,20)(H,21,22)(H2,12,13,15)(H2,16,17,18);4-6H2,1-3H3. The van der Waals surface area contributed by atoms with E-state index in [-0.39, 0.29) is 6.42 Å². The molecule has 15 nitrogen and oxygen atoms in total. The first-order valence-corrected chi connectivity index (χ1v) is 14.8. The number of nitrogen functional groups attached to an aromatic ring is 1. The van der Waals surface area contributed by atoms with Gasteiger partial charge in [0.05, 0.1) is 12.6 Å². The van der Waals surface area contributed by atoms with Crippen LogP contribution in [0.2, 0.25) is 0 Å². The molecule has 0 radical (unpaired) electrons. The minimum absolute atomic E-state index is 0.112. The molecule has 1 aliphatic carbocycles. The number of nitrogens with two attached hydrogens (primary N) is 1. The second-order valence-corrected chi connectivity index (χ2v) is 11.5. The number of nitrogens with zero attached hydrogens (tertiary/aromatic N) is 3. The molecule has 0 spiro atoms. The maximum absolute atomic E-state index is 13.5. The number of hydrogen-bond acceptors (Lipinski definition) is 10. The van der Waals surface area contributed by atoms with Gasteiger partial charge in [0.2, 0.25) is 0 Å². The second-order valence-electron chi connectivity index (χ2n) is 7.12. The molecular weight excluding hydrogens is 536 g/mol. The van der Waals surface area contributed by atoms with Gasteiger partial charge < -0.3 is 30.2 Å². The van der Waals surface area contributed by atoms with E-state index in [0.29, 0.717) is 0 Å². The summed E-state index contributed by atoms with van der Waals surface area (Å²) in [6, 6.07) is -0.662. The van der Waals surface area contributed by atoms with Gasteiger partial charge in [-0.25, -0.2) is 22.9 Å². The molecule has 35 heavy (non-hydrogen) atoms. The Kier molecular flexibility index (Phi) is 12.1. The van der Waals surface area contributed by atoms with Crippen molar-refractivity contribution in [3.8, 4) is 0 Å². The van der Waals surface area contributed by atoms with E-state index in [1.807, 2.05) is 0 Å². The molecule has 4 atom stereocenters. The van der Waals surface area contributed by atoms with Crippen LogP contribution < -0.4 is 11.4 Å². The third-order valence-electron chi connectivity index (χ3n) is 4.65. The first-order chi connectivity index (χ1) is 16.0. The van der Waals surface area contributed by atoms with Gasteiger partial charge in [-0.1, -0.05) is 32.9 Å². The highest BCUT2D eigenvalue weighted by Gasteiger charge is 2.41. The summed E-state index contributed by atoms with van der Waals surface area (Å²) >= 11 is 0. The molecule has 0 saturated carbocycles. The van der Waals surface area contributed by atoms with Crippen molar-refractivity contribution >= 4 is 29.3 Å². The maximum atomic E-state index is 13.5. The average molecular weight is 566 g/mol. The Bertz CT molecular complexity index is 1070. The lowest BCUT2D eigenvalue weighted by Crippen LogP contribution is -2.27. The molecule has 1 aliphatic rings. The molecule has 19 heteroatoms. The number of hydrogen-bond donors (Lipinski definition) is 5. The molecule has 1 aromatic heterocycles. The lowest BCUT2D eigenvalue weighted by Gasteiger charge is -2.18. The van der Waals surface area contributed by atoms with Crippen molar-refractivity contribution in [2.75, 3.05) is 32.0 Å². The number of aromatic nitrogens is 2. The van der Waals surface area contributed by atoms with Crippen molar-refractivity contribution < 1.29 is 50.8 Å². The molecule has 0 amide bonds. The summed E-state index contributed by atoms with van der Waals surface area (Å²) in [5, 5.41) is 0. The van der Waals surface area contributed by atoms with E-state index in [9.17, 15) is 27.8 Å². The Morgan fingerprint density at radius 1 is 1.09 bits per heavy atom. The van der Waals surface area contributed by atoms with E-state index in [2.05, 4.69) is 43.8 Å². The summed E-state index contributed by atoms with van der Waals surface area (Å²) in [7, 11) is -16.3. The Morgan fingerprint density at radius 3 is 2.14 bits per heavy atom. The zero-order valence-corrected chi connectivity index (χ0v) is 21.9. The number of phosphoric acid groups is 3. The predicted octanol–water partition coefficient (Wildman–Crippen LogP) is 1.77. The largest absolute Gasteiger partial charge is 0.490 e. The average Bonchev–Trinajstić information content (AvgIpc) is 3.17. The van der Waals surface area contributed by atoms with Gasteiger partial charge >= 0.3 is 29.2 Å². The van der Waals surface area contributed by atoms with Gasteiger partial charge in [-0.05, 0) is 26.1 Å². The maximum Gasteiger partial charge on any atom is 0.490 e. The molecule has 0 aromatic carbocycles. The van der Waals surface area contributed by atoms with Gasteiger partial charge in [-0.15, -0.1) is 0 Å². The molecule has 2 rings (SSSR count). The highest BCUT2D eigenvalue weighted by molar-refractivity contribution is 7.66. The van der Waals surface area contributed by atoms with Crippen molar-refractivity contribution in [3.63, 3.8) is 0 Å². The lowest BCUT2D eigenvalue weighted by atomic mass is 10.1. The van der Waals surface area contributed by atoms with Crippen LogP contribution in [0.1, 0.15) is 33.2 Å². The van der Waals surface area contributed by atoms with Crippen LogP contribution in [0.4, 0.5) is 10.2 Å². The monoisotopic (exact) mass is 566 g/mol. The summed E-state index contributed by atoms with van der Waals surface area (Å²) in [5.74, 6) is -2.07. The Labute approximate surface area is 200 Å². The number of halogens is 1. The van der Waals surface area contributed by atoms with E-state index in [0.717, 1.165) is 10.8 Å². The van der Waals surface area contributed by atoms with Gasteiger partial charge in [0.25, 0.3) is 0 Å². The van der Waals surface area contributed by atoms with Crippen LogP contribution in [0.3, 0.4) is 0 Å². The smallest absolute Gasteiger partial charge is 0.381 e. The van der Waals surface area contributed by atoms with Crippen molar-refractivity contribution in [2.24, 2.45) is 5.92 Å². The molecule has 1 heterocycles. The summed E-state index contributed by atoms with van der Waals surface area (Å²) in [5.41, 5.74) is 4.37. The van der Waals surface area contributed by atoms with Gasteiger partial charge in [0.15, 0.2) is 11.6 Å².